The van der Waals surface area contributed by atoms with Gasteiger partial charge in [0.2, 0.25) is 10.0 Å². The van der Waals surface area contributed by atoms with Gasteiger partial charge < -0.3 is 0 Å². The van der Waals surface area contributed by atoms with E-state index in [1.807, 2.05) is 0 Å². The monoisotopic (exact) mass is 303 g/mol. The van der Waals surface area contributed by atoms with E-state index in [1.54, 1.807) is 0 Å². The van der Waals surface area contributed by atoms with E-state index in [0.717, 1.165) is 31.9 Å². The summed E-state index contributed by atoms with van der Waals surface area (Å²) in [6.45, 7) is 0. The van der Waals surface area contributed by atoms with Crippen LogP contribution in [-0.2, 0) is 19.9 Å². The molecule has 1 aromatic rings. The lowest BCUT2D eigenvalue weighted by molar-refractivity contribution is 0.552. The molecule has 0 saturated heterocycles. The summed E-state index contributed by atoms with van der Waals surface area (Å²) in [5, 5.41) is 0. The second kappa shape index (κ2) is 5.22. The Kier molecular flexibility index (Phi) is 3.98. The molecule has 0 bridgehead atoms. The van der Waals surface area contributed by atoms with Gasteiger partial charge in [0.25, 0.3) is 0 Å². The van der Waals surface area contributed by atoms with Crippen LogP contribution >= 0.6 is 0 Å². The predicted molar refractivity (Wildman–Crippen MR) is 72.1 cm³/mol. The fraction of sp³-hybridized carbons (Fsp3) is 0.500. The molecule has 1 fully saturated rings. The molecule has 2 rings (SSSR count). The second-order valence-corrected chi connectivity index (χ2v) is 8.58. The highest BCUT2D eigenvalue weighted by Gasteiger charge is 2.23. The Bertz CT molecular complexity index is 659. The van der Waals surface area contributed by atoms with Crippen molar-refractivity contribution in [3.05, 3.63) is 24.3 Å². The van der Waals surface area contributed by atoms with Gasteiger partial charge in [0.05, 0.1) is 9.79 Å². The molecule has 1 saturated carbocycles. The first-order chi connectivity index (χ1) is 8.79. The third-order valence-electron chi connectivity index (χ3n) is 3.22. The first kappa shape index (κ1) is 14.5. The molecule has 0 amide bonds. The smallest absolute Gasteiger partial charge is 0.224 e. The summed E-state index contributed by atoms with van der Waals surface area (Å²) in [7, 11) is -7.05. The molecular formula is C12H17NO4S2. The molecule has 0 aromatic heterocycles. The highest BCUT2D eigenvalue weighted by atomic mass is 32.2. The molecule has 5 nitrogen and oxygen atoms in total. The average Bonchev–Trinajstić information content (AvgIpc) is 2.80. The van der Waals surface area contributed by atoms with E-state index in [0.29, 0.717) is 0 Å². The van der Waals surface area contributed by atoms with E-state index in [4.69, 9.17) is 0 Å². The van der Waals surface area contributed by atoms with E-state index in [9.17, 15) is 16.8 Å². The van der Waals surface area contributed by atoms with Crippen LogP contribution in [0.15, 0.2) is 34.1 Å². The van der Waals surface area contributed by atoms with Crippen molar-refractivity contribution < 1.29 is 16.8 Å². The summed E-state index contributed by atoms with van der Waals surface area (Å²) in [4.78, 5) is 0.0177. The average molecular weight is 303 g/mol. The molecule has 0 radical (unpaired) electrons. The van der Waals surface area contributed by atoms with Crippen LogP contribution in [0.2, 0.25) is 0 Å². The van der Waals surface area contributed by atoms with E-state index in [2.05, 4.69) is 4.72 Å². The Morgan fingerprint density at radius 1 is 1.05 bits per heavy atom. The van der Waals surface area contributed by atoms with Crippen LogP contribution in [0.25, 0.3) is 0 Å². The Morgan fingerprint density at radius 2 is 1.63 bits per heavy atom. The minimum Gasteiger partial charge on any atom is -0.224 e. The number of sulfone groups is 1. The predicted octanol–water partition coefficient (Wildman–Crippen LogP) is 1.31. The maximum absolute atomic E-state index is 12.2. The van der Waals surface area contributed by atoms with Gasteiger partial charge in [-0.15, -0.1) is 0 Å². The zero-order valence-electron chi connectivity index (χ0n) is 10.7. The minimum absolute atomic E-state index is 0.00215. The Balaban J connectivity index is 2.30. The van der Waals surface area contributed by atoms with Gasteiger partial charge in [-0.3, -0.25) is 0 Å². The molecule has 1 aliphatic carbocycles. The largest absolute Gasteiger partial charge is 0.240 e. The summed E-state index contributed by atoms with van der Waals surface area (Å²) in [6.07, 6.45) is 4.78. The maximum atomic E-state index is 12.2. The maximum Gasteiger partial charge on any atom is 0.240 e. The van der Waals surface area contributed by atoms with Crippen molar-refractivity contribution in [2.45, 2.75) is 41.5 Å². The van der Waals surface area contributed by atoms with Gasteiger partial charge in [-0.1, -0.05) is 18.9 Å². The highest BCUT2D eigenvalue weighted by molar-refractivity contribution is 7.91. The molecule has 0 aliphatic heterocycles. The number of rotatable bonds is 4. The minimum atomic E-state index is -3.64. The van der Waals surface area contributed by atoms with Crippen LogP contribution in [0.4, 0.5) is 0 Å². The summed E-state index contributed by atoms with van der Waals surface area (Å²) in [6, 6.07) is 5.41. The number of hydrogen-bond acceptors (Lipinski definition) is 4. The number of nitrogens with one attached hydrogen (secondary N) is 1. The summed E-state index contributed by atoms with van der Waals surface area (Å²) < 4.78 is 49.8. The van der Waals surface area contributed by atoms with Crippen LogP contribution < -0.4 is 4.72 Å². The van der Waals surface area contributed by atoms with Crippen LogP contribution in [-0.4, -0.2) is 29.1 Å². The van der Waals surface area contributed by atoms with Gasteiger partial charge in [-0.25, -0.2) is 21.6 Å². The Labute approximate surface area is 114 Å². The molecule has 0 heterocycles. The molecular weight excluding hydrogens is 286 g/mol. The first-order valence-corrected chi connectivity index (χ1v) is 9.49. The standard InChI is InChI=1S/C12H17NO4S2/c1-18(14,15)11-7-4-8-12(9-11)19(16,17)13-10-5-2-3-6-10/h4,7-10,13H,2-3,5-6H2,1H3. The van der Waals surface area contributed by atoms with Gasteiger partial charge in [0.15, 0.2) is 9.84 Å². The Hall–Kier alpha value is -0.920. The highest BCUT2D eigenvalue weighted by Crippen LogP contribution is 2.21. The molecule has 0 unspecified atom stereocenters. The normalized spacial score (nSPS) is 17.7. The van der Waals surface area contributed by atoms with Gasteiger partial charge in [0.1, 0.15) is 0 Å². The van der Waals surface area contributed by atoms with E-state index in [1.165, 1.54) is 24.3 Å². The third-order valence-corrected chi connectivity index (χ3v) is 5.85. The molecule has 1 N–H and O–H groups in total. The van der Waals surface area contributed by atoms with Crippen molar-refractivity contribution in [2.75, 3.05) is 6.26 Å². The van der Waals surface area contributed by atoms with Crippen molar-refractivity contribution in [1.29, 1.82) is 0 Å². The number of benzene rings is 1. The van der Waals surface area contributed by atoms with Crippen LogP contribution in [0.3, 0.4) is 0 Å². The third kappa shape index (κ3) is 3.55. The summed E-state index contributed by atoms with van der Waals surface area (Å²) in [5.74, 6) is 0. The van der Waals surface area contributed by atoms with E-state index in [-0.39, 0.29) is 15.8 Å². The lowest BCUT2D eigenvalue weighted by Crippen LogP contribution is -2.32. The van der Waals surface area contributed by atoms with Crippen molar-refractivity contribution in [1.82, 2.24) is 4.72 Å². The van der Waals surface area contributed by atoms with Gasteiger partial charge in [-0.05, 0) is 31.0 Å². The van der Waals surface area contributed by atoms with Crippen LogP contribution in [0.1, 0.15) is 25.7 Å². The fourth-order valence-electron chi connectivity index (χ4n) is 2.20. The Morgan fingerprint density at radius 3 is 2.21 bits per heavy atom. The molecule has 1 aromatic carbocycles. The first-order valence-electron chi connectivity index (χ1n) is 6.11. The number of sulfonamides is 1. The van der Waals surface area contributed by atoms with Crippen molar-refractivity contribution in [3.63, 3.8) is 0 Å². The van der Waals surface area contributed by atoms with E-state index >= 15 is 0 Å². The molecule has 19 heavy (non-hydrogen) atoms. The van der Waals surface area contributed by atoms with Gasteiger partial charge in [0, 0.05) is 12.3 Å². The molecule has 1 aliphatic rings. The SMILES string of the molecule is CS(=O)(=O)c1cccc(S(=O)(=O)NC2CCCC2)c1. The fourth-order valence-corrected chi connectivity index (χ4v) is 4.29. The number of hydrogen-bond donors (Lipinski definition) is 1. The van der Waals surface area contributed by atoms with Crippen LogP contribution in [0, 0.1) is 0 Å². The van der Waals surface area contributed by atoms with Crippen molar-refractivity contribution >= 4 is 19.9 Å². The van der Waals surface area contributed by atoms with Crippen LogP contribution in [0.5, 0.6) is 0 Å². The molecule has 0 spiro atoms. The molecule has 106 valence electrons. The summed E-state index contributed by atoms with van der Waals surface area (Å²) >= 11 is 0. The lowest BCUT2D eigenvalue weighted by Gasteiger charge is -2.12. The zero-order chi connectivity index (χ0) is 14.1. The second-order valence-electron chi connectivity index (χ2n) is 4.85. The molecule has 0 atom stereocenters. The molecule has 7 heteroatoms. The van der Waals surface area contributed by atoms with E-state index < -0.39 is 19.9 Å². The zero-order valence-corrected chi connectivity index (χ0v) is 12.3. The quantitative estimate of drug-likeness (QED) is 0.909. The lowest BCUT2D eigenvalue weighted by atomic mass is 10.3. The van der Waals surface area contributed by atoms with Crippen molar-refractivity contribution in [3.8, 4) is 0 Å². The summed E-state index contributed by atoms with van der Waals surface area (Å²) in [5.41, 5.74) is 0. The van der Waals surface area contributed by atoms with Gasteiger partial charge >= 0.3 is 0 Å². The van der Waals surface area contributed by atoms with Gasteiger partial charge in [-0.2, -0.15) is 0 Å². The topological polar surface area (TPSA) is 80.3 Å². The van der Waals surface area contributed by atoms with Crippen molar-refractivity contribution in [2.24, 2.45) is 0 Å².